The van der Waals surface area contributed by atoms with Crippen molar-refractivity contribution in [1.82, 2.24) is 4.31 Å². The van der Waals surface area contributed by atoms with Crippen LogP contribution in [0.25, 0.3) is 0 Å². The fraction of sp³-hybridized carbons (Fsp3) is 0.222. The number of carbonyl (C=O) groups is 1. The molecule has 1 aromatic rings. The first-order valence-corrected chi connectivity index (χ1v) is 6.20. The van der Waals surface area contributed by atoms with Crippen LogP contribution in [0, 0.1) is 5.82 Å². The summed E-state index contributed by atoms with van der Waals surface area (Å²) in [6, 6.07) is 3.49. The van der Waals surface area contributed by atoms with E-state index in [1.807, 2.05) is 0 Å². The lowest BCUT2D eigenvalue weighted by Gasteiger charge is -2.15. The highest BCUT2D eigenvalue weighted by Crippen LogP contribution is 2.23. The molecule has 0 spiro atoms. The second-order valence-electron chi connectivity index (χ2n) is 3.21. The molecule has 0 aromatic heterocycles. The predicted molar refractivity (Wildman–Crippen MR) is 58.9 cm³/mol. The lowest BCUT2D eigenvalue weighted by molar-refractivity contribution is -0.137. The Morgan fingerprint density at radius 1 is 1.53 bits per heavy atom. The van der Waals surface area contributed by atoms with E-state index >= 15 is 0 Å². The van der Waals surface area contributed by atoms with Gasteiger partial charge in [-0.05, 0) is 12.1 Å². The van der Waals surface area contributed by atoms with Crippen LogP contribution in [0.15, 0.2) is 23.1 Å². The van der Waals surface area contributed by atoms with Crippen molar-refractivity contribution >= 4 is 27.6 Å². The van der Waals surface area contributed by atoms with E-state index in [0.717, 1.165) is 13.1 Å². The van der Waals surface area contributed by atoms with Crippen molar-refractivity contribution in [3.05, 3.63) is 29.0 Å². The van der Waals surface area contributed by atoms with E-state index in [-0.39, 0.29) is 5.02 Å². The van der Waals surface area contributed by atoms with Gasteiger partial charge in [-0.15, -0.1) is 0 Å². The Hall–Kier alpha value is -1.18. The molecule has 17 heavy (non-hydrogen) atoms. The largest absolute Gasteiger partial charge is 0.480 e. The molecule has 0 aliphatic carbocycles. The van der Waals surface area contributed by atoms with Crippen molar-refractivity contribution in [2.45, 2.75) is 4.90 Å². The molecule has 0 aliphatic heterocycles. The van der Waals surface area contributed by atoms with Gasteiger partial charge >= 0.3 is 5.97 Å². The first kappa shape index (κ1) is 13.9. The molecule has 5 nitrogen and oxygen atoms in total. The highest BCUT2D eigenvalue weighted by atomic mass is 35.5. The summed E-state index contributed by atoms with van der Waals surface area (Å²) < 4.78 is 37.7. The molecule has 0 heterocycles. The maximum absolute atomic E-state index is 13.5. The number of likely N-dealkylation sites (N-methyl/N-ethyl adjacent to an activating group) is 1. The molecule has 1 aromatic carbocycles. The van der Waals surface area contributed by atoms with Crippen molar-refractivity contribution in [3.63, 3.8) is 0 Å². The second-order valence-corrected chi connectivity index (χ2v) is 5.63. The van der Waals surface area contributed by atoms with Crippen molar-refractivity contribution < 1.29 is 22.7 Å². The molecule has 0 fully saturated rings. The fourth-order valence-corrected chi connectivity index (χ4v) is 2.56. The minimum atomic E-state index is -4.19. The van der Waals surface area contributed by atoms with Crippen molar-refractivity contribution in [3.8, 4) is 0 Å². The highest BCUT2D eigenvalue weighted by molar-refractivity contribution is 7.89. The van der Waals surface area contributed by atoms with Crippen molar-refractivity contribution in [2.75, 3.05) is 13.6 Å². The first-order valence-electron chi connectivity index (χ1n) is 4.39. The lowest BCUT2D eigenvalue weighted by Crippen LogP contribution is -2.32. The molecule has 0 bridgehead atoms. The third-order valence-corrected chi connectivity index (χ3v) is 4.08. The Morgan fingerprint density at radius 3 is 2.65 bits per heavy atom. The summed E-state index contributed by atoms with van der Waals surface area (Å²) >= 11 is 5.46. The van der Waals surface area contributed by atoms with Gasteiger partial charge < -0.3 is 5.11 Å². The number of carboxylic acids is 1. The third kappa shape index (κ3) is 2.93. The standard InChI is InChI=1S/C9H9ClFNO4S/c1-12(5-8(13)14)17(15,16)7-4-2-3-6(10)9(7)11/h2-4H,5H2,1H3,(H,13,14). The number of halogens is 2. The molecule has 1 N–H and O–H groups in total. The van der Waals surface area contributed by atoms with Crippen molar-refractivity contribution in [2.24, 2.45) is 0 Å². The maximum Gasteiger partial charge on any atom is 0.318 e. The van der Waals surface area contributed by atoms with Gasteiger partial charge in [-0.3, -0.25) is 4.79 Å². The average molecular weight is 282 g/mol. The number of sulfonamides is 1. The highest BCUT2D eigenvalue weighted by Gasteiger charge is 2.26. The summed E-state index contributed by atoms with van der Waals surface area (Å²) in [5, 5.41) is 8.15. The quantitative estimate of drug-likeness (QED) is 0.899. The molecule has 8 heteroatoms. The van der Waals surface area contributed by atoms with Crippen LogP contribution in [-0.4, -0.2) is 37.4 Å². The van der Waals surface area contributed by atoms with Crippen LogP contribution < -0.4 is 0 Å². The third-order valence-electron chi connectivity index (χ3n) is 1.96. The van der Waals surface area contributed by atoms with E-state index in [2.05, 4.69) is 0 Å². The number of nitrogens with zero attached hydrogens (tertiary/aromatic N) is 1. The maximum atomic E-state index is 13.5. The zero-order valence-corrected chi connectivity index (χ0v) is 10.3. The van der Waals surface area contributed by atoms with E-state index in [9.17, 15) is 17.6 Å². The minimum Gasteiger partial charge on any atom is -0.480 e. The van der Waals surface area contributed by atoms with Crippen LogP contribution in [0.1, 0.15) is 0 Å². The number of carboxylic acid groups (broad SMARTS) is 1. The summed E-state index contributed by atoms with van der Waals surface area (Å²) in [5.74, 6) is -2.43. The lowest BCUT2D eigenvalue weighted by atomic mass is 10.3. The fourth-order valence-electron chi connectivity index (χ4n) is 1.13. The molecular formula is C9H9ClFNO4S. The van der Waals surface area contributed by atoms with E-state index in [4.69, 9.17) is 16.7 Å². The van der Waals surface area contributed by atoms with Crippen LogP contribution in [-0.2, 0) is 14.8 Å². The van der Waals surface area contributed by atoms with Gasteiger partial charge in [0.05, 0.1) is 5.02 Å². The van der Waals surface area contributed by atoms with Crippen LogP contribution in [0.4, 0.5) is 4.39 Å². The Balaban J connectivity index is 3.22. The number of aliphatic carboxylic acids is 1. The summed E-state index contributed by atoms with van der Waals surface area (Å²) in [6.45, 7) is -0.756. The molecule has 1 rings (SSSR count). The molecule has 0 aliphatic rings. The summed E-state index contributed by atoms with van der Waals surface area (Å²) in [5.41, 5.74) is 0. The van der Waals surface area contributed by atoms with Gasteiger partial charge in [0.25, 0.3) is 0 Å². The van der Waals surface area contributed by atoms with Crippen molar-refractivity contribution in [1.29, 1.82) is 0 Å². The van der Waals surface area contributed by atoms with E-state index in [1.165, 1.54) is 12.1 Å². The molecule has 0 saturated heterocycles. The molecular weight excluding hydrogens is 273 g/mol. The molecule has 94 valence electrons. The number of hydrogen-bond donors (Lipinski definition) is 1. The van der Waals surface area contributed by atoms with Crippen LogP contribution in [0.5, 0.6) is 0 Å². The van der Waals surface area contributed by atoms with Crippen LogP contribution in [0.2, 0.25) is 5.02 Å². The zero-order valence-electron chi connectivity index (χ0n) is 8.72. The Kier molecular flexibility index (Phi) is 4.07. The average Bonchev–Trinajstić information content (AvgIpc) is 2.20. The Bertz CT molecular complexity index is 546. The van der Waals surface area contributed by atoms with Gasteiger partial charge in [0, 0.05) is 7.05 Å². The number of rotatable bonds is 4. The summed E-state index contributed by atoms with van der Waals surface area (Å²) in [7, 11) is -3.15. The summed E-state index contributed by atoms with van der Waals surface area (Å²) in [6.07, 6.45) is 0. The van der Waals surface area contributed by atoms with Crippen LogP contribution >= 0.6 is 11.6 Å². The topological polar surface area (TPSA) is 74.7 Å². The molecule has 0 atom stereocenters. The molecule has 0 radical (unpaired) electrons. The van der Waals surface area contributed by atoms with E-state index < -0.39 is 33.3 Å². The Labute approximate surface area is 102 Å². The first-order chi connectivity index (χ1) is 7.76. The summed E-state index contributed by atoms with van der Waals surface area (Å²) in [4.78, 5) is 9.77. The van der Waals surface area contributed by atoms with Crippen LogP contribution in [0.3, 0.4) is 0 Å². The second kappa shape index (κ2) is 4.99. The minimum absolute atomic E-state index is 0.338. The van der Waals surface area contributed by atoms with Gasteiger partial charge in [-0.25, -0.2) is 12.8 Å². The van der Waals surface area contributed by atoms with Gasteiger partial charge in [-0.1, -0.05) is 17.7 Å². The Morgan fingerprint density at radius 2 is 2.12 bits per heavy atom. The molecule has 0 amide bonds. The van der Waals surface area contributed by atoms with E-state index in [0.29, 0.717) is 4.31 Å². The smallest absolute Gasteiger partial charge is 0.318 e. The van der Waals surface area contributed by atoms with Gasteiger partial charge in [-0.2, -0.15) is 4.31 Å². The number of benzene rings is 1. The van der Waals surface area contributed by atoms with Gasteiger partial charge in [0.15, 0.2) is 5.82 Å². The number of hydrogen-bond acceptors (Lipinski definition) is 3. The zero-order chi connectivity index (χ0) is 13.2. The molecule has 0 saturated carbocycles. The van der Waals surface area contributed by atoms with Gasteiger partial charge in [0.2, 0.25) is 10.0 Å². The van der Waals surface area contributed by atoms with E-state index in [1.54, 1.807) is 0 Å². The normalized spacial score (nSPS) is 11.8. The monoisotopic (exact) mass is 281 g/mol. The molecule has 0 unspecified atom stereocenters. The SMILES string of the molecule is CN(CC(=O)O)S(=O)(=O)c1cccc(Cl)c1F. The predicted octanol–water partition coefficient (Wildman–Crippen LogP) is 1.18. The van der Waals surface area contributed by atoms with Gasteiger partial charge in [0.1, 0.15) is 11.4 Å².